The van der Waals surface area contributed by atoms with Crippen LogP contribution in [-0.2, 0) is 12.3 Å². The average molecular weight is 255 g/mol. The summed E-state index contributed by atoms with van der Waals surface area (Å²) >= 11 is 0. The fourth-order valence-electron chi connectivity index (χ4n) is 2.31. The van der Waals surface area contributed by atoms with Crippen LogP contribution in [-0.4, -0.2) is 28.3 Å². The van der Waals surface area contributed by atoms with Gasteiger partial charge in [-0.1, -0.05) is 6.92 Å². The van der Waals surface area contributed by atoms with Gasteiger partial charge in [0.2, 0.25) is 0 Å². The number of hydrogen-bond donors (Lipinski definition) is 2. The van der Waals surface area contributed by atoms with Crippen LogP contribution in [0.15, 0.2) is 12.1 Å². The van der Waals surface area contributed by atoms with Crippen LogP contribution >= 0.6 is 0 Å². The van der Waals surface area contributed by atoms with Gasteiger partial charge in [-0.25, -0.2) is 9.18 Å². The number of benzene rings is 1. The van der Waals surface area contributed by atoms with Crippen molar-refractivity contribution in [3.8, 4) is 5.75 Å². The molecule has 98 valence electrons. The van der Waals surface area contributed by atoms with Crippen LogP contribution in [0.25, 0.3) is 0 Å². The zero-order valence-corrected chi connectivity index (χ0v) is 10.1. The number of halogens is 1. The molecule has 0 spiro atoms. The first-order chi connectivity index (χ1) is 8.43. The smallest absolute Gasteiger partial charge is 0.410 e. The Labute approximate surface area is 103 Å². The van der Waals surface area contributed by atoms with E-state index >= 15 is 0 Å². The van der Waals surface area contributed by atoms with Gasteiger partial charge in [-0.3, -0.25) is 4.90 Å². The van der Waals surface area contributed by atoms with Gasteiger partial charge < -0.3 is 14.9 Å². The molecule has 1 aromatic carbocycles. The monoisotopic (exact) mass is 255 g/mol. The highest BCUT2D eigenvalue weighted by molar-refractivity contribution is 5.68. The van der Waals surface area contributed by atoms with Crippen molar-refractivity contribution in [2.24, 2.45) is 0 Å². The molecule has 1 atom stereocenters. The molecule has 6 heteroatoms. The molecule has 5 nitrogen and oxygen atoms in total. The molecule has 1 aliphatic heterocycles. The Morgan fingerprint density at radius 3 is 2.78 bits per heavy atom. The Bertz CT molecular complexity index is 505. The summed E-state index contributed by atoms with van der Waals surface area (Å²) in [5, 5.41) is 19.5. The van der Waals surface area contributed by atoms with E-state index in [2.05, 4.69) is 0 Å². The molecule has 1 amide bonds. The second kappa shape index (κ2) is 4.13. The summed E-state index contributed by atoms with van der Waals surface area (Å²) in [6.45, 7) is 1.64. The topological polar surface area (TPSA) is 70.0 Å². The molecule has 1 heterocycles. The number of amides is 1. The molecule has 1 aliphatic rings. The van der Waals surface area contributed by atoms with Gasteiger partial charge >= 0.3 is 6.09 Å². The number of hydrogen-bond acceptors (Lipinski definition) is 3. The van der Waals surface area contributed by atoms with E-state index in [9.17, 15) is 14.3 Å². The third kappa shape index (κ3) is 1.60. The number of methoxy groups -OCH3 is 1. The van der Waals surface area contributed by atoms with E-state index in [1.807, 2.05) is 0 Å². The maximum Gasteiger partial charge on any atom is 0.410 e. The van der Waals surface area contributed by atoms with E-state index in [1.54, 1.807) is 6.92 Å². The number of rotatable bonds is 2. The maximum absolute atomic E-state index is 13.6. The van der Waals surface area contributed by atoms with E-state index in [4.69, 9.17) is 9.84 Å². The lowest BCUT2D eigenvalue weighted by Crippen LogP contribution is -2.43. The van der Waals surface area contributed by atoms with Gasteiger partial charge in [0.25, 0.3) is 0 Å². The van der Waals surface area contributed by atoms with Crippen LogP contribution < -0.4 is 4.74 Å². The van der Waals surface area contributed by atoms with Gasteiger partial charge in [0.1, 0.15) is 0 Å². The summed E-state index contributed by atoms with van der Waals surface area (Å²) < 4.78 is 18.4. The molecule has 18 heavy (non-hydrogen) atoms. The maximum atomic E-state index is 13.6. The van der Waals surface area contributed by atoms with Gasteiger partial charge in [0, 0.05) is 5.56 Å². The van der Waals surface area contributed by atoms with E-state index in [0.29, 0.717) is 11.1 Å². The zero-order chi connectivity index (χ0) is 13.5. The minimum atomic E-state index is -1.62. The van der Waals surface area contributed by atoms with Gasteiger partial charge in [-0.05, 0) is 24.1 Å². The lowest BCUT2D eigenvalue weighted by molar-refractivity contribution is -0.0911. The van der Waals surface area contributed by atoms with Gasteiger partial charge in [-0.15, -0.1) is 0 Å². The Hall–Kier alpha value is -1.82. The van der Waals surface area contributed by atoms with Crippen LogP contribution in [0.4, 0.5) is 9.18 Å². The first-order valence-electron chi connectivity index (χ1n) is 5.54. The Balaban J connectivity index is 2.58. The van der Waals surface area contributed by atoms with Crippen LogP contribution in [0.1, 0.15) is 24.5 Å². The van der Waals surface area contributed by atoms with Gasteiger partial charge in [-0.2, -0.15) is 0 Å². The SMILES string of the molecule is CCC1(O)c2cc(OC)c(F)cc2CN1C(=O)O. The molecule has 2 rings (SSSR count). The molecule has 2 N–H and O–H groups in total. The van der Waals surface area contributed by atoms with Crippen molar-refractivity contribution < 1.29 is 24.1 Å². The summed E-state index contributed by atoms with van der Waals surface area (Å²) in [5.74, 6) is -0.574. The Kier molecular flexibility index (Phi) is 2.90. The lowest BCUT2D eigenvalue weighted by Gasteiger charge is -2.31. The fourth-order valence-corrected chi connectivity index (χ4v) is 2.31. The molecule has 1 aromatic rings. The molecule has 0 aromatic heterocycles. The number of fused-ring (bicyclic) bond motifs is 1. The number of aliphatic hydroxyl groups is 1. The van der Waals surface area contributed by atoms with Crippen LogP contribution in [0.2, 0.25) is 0 Å². The largest absolute Gasteiger partial charge is 0.494 e. The van der Waals surface area contributed by atoms with Crippen LogP contribution in [0.5, 0.6) is 5.75 Å². The minimum absolute atomic E-state index is 0.00661. The Morgan fingerprint density at radius 2 is 2.28 bits per heavy atom. The Morgan fingerprint density at radius 1 is 1.61 bits per heavy atom. The highest BCUT2D eigenvalue weighted by Crippen LogP contribution is 2.42. The van der Waals surface area contributed by atoms with Gasteiger partial charge in [0.15, 0.2) is 17.3 Å². The summed E-state index contributed by atoms with van der Waals surface area (Å²) in [6.07, 6.45) is -1.06. The highest BCUT2D eigenvalue weighted by Gasteiger charge is 2.45. The molecule has 0 fully saturated rings. The third-order valence-electron chi connectivity index (χ3n) is 3.31. The van der Waals surface area contributed by atoms with Crippen molar-refractivity contribution in [2.45, 2.75) is 25.6 Å². The molecule has 1 unspecified atom stereocenters. The lowest BCUT2D eigenvalue weighted by atomic mass is 9.98. The molecule has 0 bridgehead atoms. The summed E-state index contributed by atoms with van der Waals surface area (Å²) in [4.78, 5) is 12.0. The van der Waals surface area contributed by atoms with E-state index < -0.39 is 17.6 Å². The molecule has 0 saturated heterocycles. The average Bonchev–Trinajstić information content (AvgIpc) is 2.62. The van der Waals surface area contributed by atoms with Crippen molar-refractivity contribution in [2.75, 3.05) is 7.11 Å². The summed E-state index contributed by atoms with van der Waals surface area (Å²) in [7, 11) is 1.32. The quantitative estimate of drug-likeness (QED) is 0.846. The zero-order valence-electron chi connectivity index (χ0n) is 10.1. The molecular formula is C12H14FNO4. The molecule has 0 aliphatic carbocycles. The predicted octanol–water partition coefficient (Wildman–Crippen LogP) is 1.88. The predicted molar refractivity (Wildman–Crippen MR) is 60.7 cm³/mol. The number of nitrogens with zero attached hydrogens (tertiary/aromatic N) is 1. The van der Waals surface area contributed by atoms with E-state index in [-0.39, 0.29) is 18.7 Å². The minimum Gasteiger partial charge on any atom is -0.494 e. The van der Waals surface area contributed by atoms with Crippen molar-refractivity contribution in [1.29, 1.82) is 0 Å². The highest BCUT2D eigenvalue weighted by atomic mass is 19.1. The second-order valence-corrected chi connectivity index (χ2v) is 4.18. The van der Waals surface area contributed by atoms with Crippen molar-refractivity contribution in [1.82, 2.24) is 4.90 Å². The number of carbonyl (C=O) groups is 1. The molecular weight excluding hydrogens is 241 g/mol. The number of carboxylic acid groups (broad SMARTS) is 1. The fraction of sp³-hybridized carbons (Fsp3) is 0.417. The molecule has 0 saturated carbocycles. The first kappa shape index (κ1) is 12.6. The number of ether oxygens (including phenoxy) is 1. The van der Waals surface area contributed by atoms with Crippen molar-refractivity contribution in [3.63, 3.8) is 0 Å². The normalized spacial score (nSPS) is 21.9. The first-order valence-corrected chi connectivity index (χ1v) is 5.54. The standard InChI is InChI=1S/C12H14FNO4/c1-3-12(17)8-5-10(18-2)9(13)4-7(8)6-14(12)11(15)16/h4-5,17H,3,6H2,1-2H3,(H,15,16). The van der Waals surface area contributed by atoms with E-state index in [1.165, 1.54) is 19.2 Å². The second-order valence-electron chi connectivity index (χ2n) is 4.18. The summed E-state index contributed by atoms with van der Waals surface area (Å²) in [5.41, 5.74) is -0.784. The summed E-state index contributed by atoms with van der Waals surface area (Å²) in [6, 6.07) is 2.56. The molecule has 0 radical (unpaired) electrons. The van der Waals surface area contributed by atoms with Crippen LogP contribution in [0.3, 0.4) is 0 Å². The third-order valence-corrected chi connectivity index (χ3v) is 3.31. The van der Waals surface area contributed by atoms with Crippen LogP contribution in [0, 0.1) is 5.82 Å². The van der Waals surface area contributed by atoms with Crippen molar-refractivity contribution in [3.05, 3.63) is 29.1 Å². The van der Waals surface area contributed by atoms with E-state index in [0.717, 1.165) is 4.90 Å². The van der Waals surface area contributed by atoms with Crippen molar-refractivity contribution >= 4 is 6.09 Å². The van der Waals surface area contributed by atoms with Gasteiger partial charge in [0.05, 0.1) is 13.7 Å².